The monoisotopic (exact) mass is 156 g/mol. The summed E-state index contributed by atoms with van der Waals surface area (Å²) in [6.45, 7) is 0. The Kier molecular flexibility index (Phi) is 1.59. The van der Waals surface area contributed by atoms with Gasteiger partial charge in [0, 0.05) is 6.07 Å². The van der Waals surface area contributed by atoms with Gasteiger partial charge in [-0.15, -0.1) is 0 Å². The zero-order chi connectivity index (χ0) is 8.43. The van der Waals surface area contributed by atoms with Gasteiger partial charge in [0.15, 0.2) is 5.69 Å². The van der Waals surface area contributed by atoms with Crippen LogP contribution in [0.1, 0.15) is 21.0 Å². The molecule has 0 unspecified atom stereocenters. The summed E-state index contributed by atoms with van der Waals surface area (Å²) in [5, 5.41) is 11.4. The number of carboxylic acid groups (broad SMARTS) is 1. The Hall–Kier alpha value is -1.85. The van der Waals surface area contributed by atoms with Crippen LogP contribution in [0.3, 0.4) is 0 Å². The quantitative estimate of drug-likeness (QED) is 0.598. The molecule has 1 amide bonds. The zero-order valence-corrected chi connectivity index (χ0v) is 5.27. The number of carbonyl (C=O) groups is 2. The standard InChI is InChI=1S/C5H4N2O4/c6-4(8)2-1-3(5(9)10)11-7-2/h1H,(H2,6,8)(H,9,10). The van der Waals surface area contributed by atoms with E-state index < -0.39 is 17.6 Å². The van der Waals surface area contributed by atoms with Crippen LogP contribution in [-0.4, -0.2) is 22.1 Å². The molecular formula is C5H4N2O4. The Bertz CT molecular complexity index is 275. The van der Waals surface area contributed by atoms with E-state index in [-0.39, 0.29) is 5.69 Å². The number of aromatic nitrogens is 1. The van der Waals surface area contributed by atoms with Gasteiger partial charge < -0.3 is 15.4 Å². The van der Waals surface area contributed by atoms with Gasteiger partial charge in [0.25, 0.3) is 5.91 Å². The number of nitrogens with zero attached hydrogens (tertiary/aromatic N) is 1. The third kappa shape index (κ3) is 1.34. The van der Waals surface area contributed by atoms with E-state index in [1.54, 1.807) is 0 Å². The Balaban J connectivity index is 2.99. The highest BCUT2D eigenvalue weighted by Gasteiger charge is 2.13. The van der Waals surface area contributed by atoms with Crippen LogP contribution in [0.15, 0.2) is 10.6 Å². The molecule has 0 aliphatic rings. The van der Waals surface area contributed by atoms with Gasteiger partial charge in [-0.3, -0.25) is 4.79 Å². The third-order valence-electron chi connectivity index (χ3n) is 0.973. The normalized spacial score (nSPS) is 9.45. The van der Waals surface area contributed by atoms with E-state index >= 15 is 0 Å². The first-order valence-electron chi connectivity index (χ1n) is 2.61. The van der Waals surface area contributed by atoms with Gasteiger partial charge in [0.05, 0.1) is 0 Å². The molecule has 58 valence electrons. The van der Waals surface area contributed by atoms with E-state index in [1.807, 2.05) is 0 Å². The van der Waals surface area contributed by atoms with Crippen molar-refractivity contribution in [1.29, 1.82) is 0 Å². The lowest BCUT2D eigenvalue weighted by molar-refractivity contribution is 0.0651. The molecule has 0 aliphatic carbocycles. The first-order chi connectivity index (χ1) is 5.11. The molecule has 0 fully saturated rings. The number of hydrogen-bond acceptors (Lipinski definition) is 4. The first kappa shape index (κ1) is 7.26. The van der Waals surface area contributed by atoms with Crippen molar-refractivity contribution < 1.29 is 19.2 Å². The second-order valence-corrected chi connectivity index (χ2v) is 1.75. The first-order valence-corrected chi connectivity index (χ1v) is 2.61. The van der Waals surface area contributed by atoms with Crippen LogP contribution in [-0.2, 0) is 0 Å². The highest BCUT2D eigenvalue weighted by Crippen LogP contribution is 2.01. The summed E-state index contributed by atoms with van der Waals surface area (Å²) in [5.41, 5.74) is 4.58. The molecule has 6 nitrogen and oxygen atoms in total. The summed E-state index contributed by atoms with van der Waals surface area (Å²) in [5.74, 6) is -2.51. The molecule has 3 N–H and O–H groups in total. The van der Waals surface area contributed by atoms with E-state index in [0.29, 0.717) is 0 Å². The molecule has 1 aromatic heterocycles. The molecule has 0 aliphatic heterocycles. The lowest BCUT2D eigenvalue weighted by Crippen LogP contribution is -2.10. The van der Waals surface area contributed by atoms with Gasteiger partial charge in [-0.2, -0.15) is 0 Å². The lowest BCUT2D eigenvalue weighted by atomic mass is 10.3. The van der Waals surface area contributed by atoms with Gasteiger partial charge in [0.2, 0.25) is 5.76 Å². The van der Waals surface area contributed by atoms with Crippen LogP contribution >= 0.6 is 0 Å². The number of carbonyl (C=O) groups excluding carboxylic acids is 1. The van der Waals surface area contributed by atoms with Crippen molar-refractivity contribution >= 4 is 11.9 Å². The van der Waals surface area contributed by atoms with Crippen LogP contribution < -0.4 is 5.73 Å². The zero-order valence-electron chi connectivity index (χ0n) is 5.27. The second kappa shape index (κ2) is 2.41. The second-order valence-electron chi connectivity index (χ2n) is 1.75. The fraction of sp³-hybridized carbons (Fsp3) is 0. The van der Waals surface area contributed by atoms with Gasteiger partial charge in [-0.1, -0.05) is 5.16 Å². The predicted molar refractivity (Wildman–Crippen MR) is 32.0 cm³/mol. The Labute approximate surface area is 60.6 Å². The molecule has 0 bridgehead atoms. The number of rotatable bonds is 2. The molecule has 0 aromatic carbocycles. The molecule has 0 radical (unpaired) electrons. The molecule has 0 spiro atoms. The van der Waals surface area contributed by atoms with Gasteiger partial charge >= 0.3 is 5.97 Å². The number of aromatic carboxylic acids is 1. The molecule has 0 saturated heterocycles. The van der Waals surface area contributed by atoms with Crippen molar-refractivity contribution in [2.75, 3.05) is 0 Å². The van der Waals surface area contributed by atoms with Crippen LogP contribution in [0.4, 0.5) is 0 Å². The molecule has 1 heterocycles. The average molecular weight is 156 g/mol. The Morgan fingerprint density at radius 2 is 2.27 bits per heavy atom. The SMILES string of the molecule is NC(=O)c1cc(C(=O)O)on1. The summed E-state index contributed by atoms with van der Waals surface area (Å²) in [6, 6.07) is 0.963. The van der Waals surface area contributed by atoms with E-state index in [1.165, 1.54) is 0 Å². The van der Waals surface area contributed by atoms with E-state index in [0.717, 1.165) is 6.07 Å². The fourth-order valence-electron chi connectivity index (χ4n) is 0.492. The van der Waals surface area contributed by atoms with Crippen molar-refractivity contribution in [2.45, 2.75) is 0 Å². The number of amides is 1. The summed E-state index contributed by atoms with van der Waals surface area (Å²) in [7, 11) is 0. The van der Waals surface area contributed by atoms with Crippen molar-refractivity contribution in [3.05, 3.63) is 17.5 Å². The number of primary amides is 1. The number of carboxylic acids is 1. The highest BCUT2D eigenvalue weighted by atomic mass is 16.5. The summed E-state index contributed by atoms with van der Waals surface area (Å²) in [4.78, 5) is 20.5. The Morgan fingerprint density at radius 3 is 2.55 bits per heavy atom. The minimum Gasteiger partial charge on any atom is -0.475 e. The summed E-state index contributed by atoms with van der Waals surface area (Å²) < 4.78 is 4.24. The van der Waals surface area contributed by atoms with E-state index in [9.17, 15) is 9.59 Å². The van der Waals surface area contributed by atoms with Crippen LogP contribution in [0, 0.1) is 0 Å². The largest absolute Gasteiger partial charge is 0.475 e. The minimum atomic E-state index is -1.29. The maximum atomic E-state index is 10.3. The average Bonchev–Trinajstić information content (AvgIpc) is 2.33. The van der Waals surface area contributed by atoms with Gasteiger partial charge in [-0.05, 0) is 0 Å². The maximum absolute atomic E-state index is 10.3. The number of hydrogen-bond donors (Lipinski definition) is 2. The Morgan fingerprint density at radius 1 is 1.64 bits per heavy atom. The van der Waals surface area contributed by atoms with E-state index in [2.05, 4.69) is 9.68 Å². The smallest absolute Gasteiger partial charge is 0.374 e. The minimum absolute atomic E-state index is 0.192. The molecule has 11 heavy (non-hydrogen) atoms. The predicted octanol–water partition coefficient (Wildman–Crippen LogP) is -0.528. The highest BCUT2D eigenvalue weighted by molar-refractivity contribution is 5.93. The topological polar surface area (TPSA) is 106 Å². The number of nitrogens with two attached hydrogens (primary N) is 1. The summed E-state index contributed by atoms with van der Waals surface area (Å²) >= 11 is 0. The van der Waals surface area contributed by atoms with Crippen LogP contribution in [0.2, 0.25) is 0 Å². The lowest BCUT2D eigenvalue weighted by Gasteiger charge is -1.78. The van der Waals surface area contributed by atoms with Crippen LogP contribution in [0.25, 0.3) is 0 Å². The summed E-state index contributed by atoms with van der Waals surface area (Å²) in [6.07, 6.45) is 0. The van der Waals surface area contributed by atoms with Crippen LogP contribution in [0.5, 0.6) is 0 Å². The molecule has 6 heteroatoms. The molecule has 0 atom stereocenters. The van der Waals surface area contributed by atoms with Gasteiger partial charge in [0.1, 0.15) is 0 Å². The van der Waals surface area contributed by atoms with E-state index in [4.69, 9.17) is 10.8 Å². The van der Waals surface area contributed by atoms with Crippen molar-refractivity contribution in [3.63, 3.8) is 0 Å². The van der Waals surface area contributed by atoms with Crippen molar-refractivity contribution in [2.24, 2.45) is 5.73 Å². The maximum Gasteiger partial charge on any atom is 0.374 e. The molecule has 1 rings (SSSR count). The van der Waals surface area contributed by atoms with Crippen molar-refractivity contribution in [3.8, 4) is 0 Å². The van der Waals surface area contributed by atoms with Gasteiger partial charge in [-0.25, -0.2) is 4.79 Å². The molecule has 0 saturated carbocycles. The van der Waals surface area contributed by atoms with Crippen molar-refractivity contribution in [1.82, 2.24) is 5.16 Å². The fourth-order valence-corrected chi connectivity index (χ4v) is 0.492. The third-order valence-corrected chi connectivity index (χ3v) is 0.973. The molecule has 1 aromatic rings. The molecular weight excluding hydrogens is 152 g/mol.